The lowest BCUT2D eigenvalue weighted by molar-refractivity contribution is 0.306. The zero-order chi connectivity index (χ0) is 69.6. The molecule has 0 fully saturated rings. The molecule has 0 bridgehead atoms. The lowest BCUT2D eigenvalue weighted by Gasteiger charge is -2.35. The van der Waals surface area contributed by atoms with Gasteiger partial charge in [0.25, 0.3) is 0 Å². The van der Waals surface area contributed by atoms with E-state index < -0.39 is 34.1 Å². The van der Waals surface area contributed by atoms with Crippen molar-refractivity contribution in [3.05, 3.63) is 430 Å². The van der Waals surface area contributed by atoms with Gasteiger partial charge in [-0.3, -0.25) is 0 Å². The van der Waals surface area contributed by atoms with Crippen LogP contribution >= 0.6 is 0 Å². The fourth-order valence-corrected chi connectivity index (χ4v) is 15.0. The number of rotatable bonds is 19. The summed E-state index contributed by atoms with van der Waals surface area (Å²) in [6.07, 6.45) is 3.60. The van der Waals surface area contributed by atoms with Crippen LogP contribution in [0.5, 0.6) is 11.5 Å². The van der Waals surface area contributed by atoms with E-state index in [1.807, 2.05) is 192 Å². The molecule has 0 saturated carbocycles. The van der Waals surface area contributed by atoms with Crippen molar-refractivity contribution < 1.29 is 35.8 Å². The molecular weight excluding hydrogens is 1280 g/mol. The highest BCUT2D eigenvalue weighted by atomic mass is 19.2. The standard InChI is InChI=1S/C92H62F6N2O2/c1-3-59-13-17-61(18-14-59)57-101-77-45-29-67(30-46-77)91(65-25-33-69(93)34-26-65)83-11-7-5-9-79(83)81-49-41-73(53-85(81)91)99(75-43-51-87(95)89(97)55-75)71-37-21-63(22-38-71)64-23-39-72(40-24-64)100(76-44-52-88(96)90(98)56-76)74-42-50-82-80-10-6-8-12-84(80)92(86(82)54-74,66-27-35-70(94)36-28-66)68-31-47-78(48-32-68)102-58-62-19-15-60(4-2)16-20-62/h3-56H,1-2,57-58H2. The Balaban J connectivity index is 0.761. The number of hydrogen-bond acceptors (Lipinski definition) is 4. The maximum absolute atomic E-state index is 15.7. The minimum absolute atomic E-state index is 0.350. The second kappa shape index (κ2) is 26.5. The lowest BCUT2D eigenvalue weighted by atomic mass is 9.67. The lowest BCUT2D eigenvalue weighted by Crippen LogP contribution is -2.29. The first-order chi connectivity index (χ1) is 49.9. The Labute approximate surface area is 587 Å². The van der Waals surface area contributed by atoms with Gasteiger partial charge in [-0.05, 0) is 221 Å². The van der Waals surface area contributed by atoms with Crippen LogP contribution in [-0.4, -0.2) is 0 Å². The van der Waals surface area contributed by atoms with Gasteiger partial charge in [0.2, 0.25) is 0 Å². The number of halogens is 6. The van der Waals surface area contributed by atoms with Crippen LogP contribution in [-0.2, 0) is 24.0 Å². The molecule has 0 aromatic heterocycles. The highest BCUT2D eigenvalue weighted by Crippen LogP contribution is 2.60. The van der Waals surface area contributed by atoms with Crippen molar-refractivity contribution in [3.8, 4) is 44.9 Å². The first-order valence-corrected chi connectivity index (χ1v) is 33.5. The van der Waals surface area contributed by atoms with E-state index in [0.29, 0.717) is 58.8 Å². The molecule has 2 atom stereocenters. The highest BCUT2D eigenvalue weighted by Gasteiger charge is 2.48. The number of ether oxygens (including phenoxy) is 2. The summed E-state index contributed by atoms with van der Waals surface area (Å²) in [6, 6.07) is 97.1. The van der Waals surface area contributed by atoms with Gasteiger partial charge < -0.3 is 19.3 Å². The minimum Gasteiger partial charge on any atom is -0.489 e. The fraction of sp³-hybridized carbons (Fsp3) is 0.0435. The molecule has 14 aromatic carbocycles. The summed E-state index contributed by atoms with van der Waals surface area (Å²) in [4.78, 5) is 3.78. The van der Waals surface area contributed by atoms with Crippen LogP contribution in [0.4, 0.5) is 60.5 Å². The van der Waals surface area contributed by atoms with Crippen LogP contribution < -0.4 is 19.3 Å². The molecule has 0 radical (unpaired) electrons. The molecule has 0 N–H and O–H groups in total. The monoisotopic (exact) mass is 1340 g/mol. The molecule has 14 aromatic rings. The van der Waals surface area contributed by atoms with Crippen molar-refractivity contribution in [1.29, 1.82) is 0 Å². The second-order valence-electron chi connectivity index (χ2n) is 25.5. The SMILES string of the molecule is C=Cc1ccc(COc2ccc(C3(c4ccc(F)cc4)c4ccccc4-c4ccc(N(c5ccc(-c6ccc(N(c7ccc(F)c(F)c7)c7ccc8c(c7)C(c7ccc(F)cc7)(c7ccc(OCc9ccc(C=C)cc9)cc7)c7ccccc7-8)cc6)cc5)c5ccc(F)c(F)c5)cc43)cc2)cc1. The first kappa shape index (κ1) is 64.0. The van der Waals surface area contributed by atoms with E-state index in [1.165, 1.54) is 36.4 Å². The molecule has 2 aliphatic rings. The van der Waals surface area contributed by atoms with Gasteiger partial charge in [0, 0.05) is 46.3 Å². The summed E-state index contributed by atoms with van der Waals surface area (Å²) in [7, 11) is 0. The Morgan fingerprint density at radius 3 is 0.951 bits per heavy atom. The van der Waals surface area contributed by atoms with E-state index in [9.17, 15) is 0 Å². The molecular formula is C92H62F6N2O2. The van der Waals surface area contributed by atoms with Gasteiger partial charge in [-0.1, -0.05) is 207 Å². The smallest absolute Gasteiger partial charge is 0.160 e. The van der Waals surface area contributed by atoms with Gasteiger partial charge in [-0.25, -0.2) is 26.3 Å². The van der Waals surface area contributed by atoms with Gasteiger partial charge in [0.1, 0.15) is 36.3 Å². The molecule has 2 unspecified atom stereocenters. The molecule has 16 rings (SSSR count). The molecule has 4 nitrogen and oxygen atoms in total. The number of hydrogen-bond donors (Lipinski definition) is 0. The summed E-state index contributed by atoms with van der Waals surface area (Å²) >= 11 is 0. The quantitative estimate of drug-likeness (QED) is 0.0754. The summed E-state index contributed by atoms with van der Waals surface area (Å²) in [6.45, 7) is 8.44. The van der Waals surface area contributed by atoms with Crippen LogP contribution in [0.3, 0.4) is 0 Å². The number of anilines is 6. The summed E-state index contributed by atoms with van der Waals surface area (Å²) in [5.41, 5.74) is 18.1. The van der Waals surface area contributed by atoms with Crippen LogP contribution in [0, 0.1) is 34.9 Å². The van der Waals surface area contributed by atoms with Gasteiger partial charge in [0.15, 0.2) is 23.3 Å². The molecule has 0 spiro atoms. The summed E-state index contributed by atoms with van der Waals surface area (Å²) in [5, 5.41) is 0. The summed E-state index contributed by atoms with van der Waals surface area (Å²) in [5.74, 6) is -3.46. The van der Waals surface area contributed by atoms with Gasteiger partial charge >= 0.3 is 0 Å². The third kappa shape index (κ3) is 11.4. The zero-order valence-electron chi connectivity index (χ0n) is 55.0. The maximum atomic E-state index is 15.7. The van der Waals surface area contributed by atoms with Gasteiger partial charge in [-0.15, -0.1) is 0 Å². The predicted molar refractivity (Wildman–Crippen MR) is 397 cm³/mol. The van der Waals surface area contributed by atoms with Crippen molar-refractivity contribution in [3.63, 3.8) is 0 Å². The van der Waals surface area contributed by atoms with E-state index in [4.69, 9.17) is 9.47 Å². The average Bonchev–Trinajstić information content (AvgIpc) is 1.54. The number of fused-ring (bicyclic) bond motifs is 6. The van der Waals surface area contributed by atoms with Crippen molar-refractivity contribution >= 4 is 46.3 Å². The third-order valence-corrected chi connectivity index (χ3v) is 19.9. The van der Waals surface area contributed by atoms with E-state index in [-0.39, 0.29) is 11.6 Å². The van der Waals surface area contributed by atoms with E-state index in [0.717, 1.165) is 112 Å². The molecule has 0 amide bonds. The highest BCUT2D eigenvalue weighted by molar-refractivity contribution is 5.92. The Bertz CT molecular complexity index is 5150. The number of nitrogens with zero attached hydrogens (tertiary/aromatic N) is 2. The minimum atomic E-state index is -1.02. The van der Waals surface area contributed by atoms with Crippen molar-refractivity contribution in [1.82, 2.24) is 0 Å². The Morgan fingerprint density at radius 2 is 0.598 bits per heavy atom. The van der Waals surface area contributed by atoms with Gasteiger partial charge in [0.05, 0.1) is 10.8 Å². The van der Waals surface area contributed by atoms with E-state index in [2.05, 4.69) is 86.0 Å². The maximum Gasteiger partial charge on any atom is 0.160 e. The Morgan fingerprint density at radius 1 is 0.284 bits per heavy atom. The topological polar surface area (TPSA) is 24.9 Å². The molecule has 0 aliphatic heterocycles. The Kier molecular flexibility index (Phi) is 16.7. The Hall–Kier alpha value is -12.7. The largest absolute Gasteiger partial charge is 0.489 e. The normalized spacial score (nSPS) is 14.6. The van der Waals surface area contributed by atoms with Crippen LogP contribution in [0.15, 0.2) is 329 Å². The number of benzene rings is 14. The molecule has 494 valence electrons. The van der Waals surface area contributed by atoms with E-state index >= 15 is 26.3 Å². The van der Waals surface area contributed by atoms with Gasteiger partial charge in [-0.2, -0.15) is 0 Å². The average molecular weight is 1340 g/mol. The second-order valence-corrected chi connectivity index (χ2v) is 25.5. The van der Waals surface area contributed by atoms with Crippen LogP contribution in [0.2, 0.25) is 0 Å². The predicted octanol–water partition coefficient (Wildman–Crippen LogP) is 24.3. The molecule has 102 heavy (non-hydrogen) atoms. The molecule has 0 heterocycles. The van der Waals surface area contributed by atoms with E-state index in [1.54, 1.807) is 24.3 Å². The first-order valence-electron chi connectivity index (χ1n) is 33.5. The van der Waals surface area contributed by atoms with Crippen molar-refractivity contribution in [2.24, 2.45) is 0 Å². The molecule has 0 saturated heterocycles. The van der Waals surface area contributed by atoms with Crippen molar-refractivity contribution in [2.75, 3.05) is 9.80 Å². The van der Waals surface area contributed by atoms with Crippen LogP contribution in [0.1, 0.15) is 66.8 Å². The molecule has 10 heteroatoms. The summed E-state index contributed by atoms with van der Waals surface area (Å²) < 4.78 is 104. The fourth-order valence-electron chi connectivity index (χ4n) is 15.0. The zero-order valence-corrected chi connectivity index (χ0v) is 55.0. The van der Waals surface area contributed by atoms with Crippen molar-refractivity contribution in [2.45, 2.75) is 24.0 Å². The molecule has 2 aliphatic carbocycles. The third-order valence-electron chi connectivity index (χ3n) is 19.9. The van der Waals surface area contributed by atoms with Crippen LogP contribution in [0.25, 0.3) is 45.5 Å².